The Morgan fingerprint density at radius 1 is 0.208 bits per heavy atom. The van der Waals surface area contributed by atoms with E-state index in [9.17, 15) is 0 Å². The molecule has 0 saturated carbocycles. The fourth-order valence-electron chi connectivity index (χ4n) is 13.1. The fraction of sp³-hybridized carbons (Fsp3) is 0.126. The smallest absolute Gasteiger partial charge is 0.119 e. The Morgan fingerprint density at radius 3 is 0.531 bits per heavy atom. The first-order valence-electron chi connectivity index (χ1n) is 32.4. The highest BCUT2D eigenvalue weighted by molar-refractivity contribution is 6.31. The van der Waals surface area contributed by atoms with Gasteiger partial charge in [-0.25, -0.2) is 0 Å². The van der Waals surface area contributed by atoms with Crippen LogP contribution in [0, 0.1) is 27.7 Å². The van der Waals surface area contributed by atoms with Crippen molar-refractivity contribution >= 4 is 90.5 Å². The fourth-order valence-corrected chi connectivity index (χ4v) is 13.1. The van der Waals surface area contributed by atoms with Crippen LogP contribution in [-0.2, 0) is 4.74 Å². The highest BCUT2D eigenvalue weighted by Gasteiger charge is 2.46. The molecule has 12 aromatic rings. The highest BCUT2D eigenvalue weighted by Crippen LogP contribution is 2.59. The molecule has 0 amide bonds. The second kappa shape index (κ2) is 27.6. The lowest BCUT2D eigenvalue weighted by atomic mass is 9.82. The van der Waals surface area contributed by atoms with Gasteiger partial charge in [0.25, 0.3) is 0 Å². The van der Waals surface area contributed by atoms with Crippen LogP contribution in [0.1, 0.15) is 51.4 Å². The van der Waals surface area contributed by atoms with Gasteiger partial charge < -0.3 is 43.3 Å². The molecular formula is C87H78N4O5. The summed E-state index contributed by atoms with van der Waals surface area (Å²) < 4.78 is 29.8. The van der Waals surface area contributed by atoms with E-state index in [-0.39, 0.29) is 0 Å². The van der Waals surface area contributed by atoms with Gasteiger partial charge in [0.1, 0.15) is 28.6 Å². The molecule has 9 nitrogen and oxygen atoms in total. The van der Waals surface area contributed by atoms with Gasteiger partial charge in [-0.2, -0.15) is 0 Å². The predicted octanol–water partition coefficient (Wildman–Crippen LogP) is 22.8. The number of allylic oxidation sites excluding steroid dienone is 2. The molecule has 13 rings (SSSR count). The summed E-state index contributed by atoms with van der Waals surface area (Å²) in [5, 5.41) is 0. The number of anilines is 12. The number of benzene rings is 12. The van der Waals surface area contributed by atoms with Crippen molar-refractivity contribution in [1.82, 2.24) is 0 Å². The number of methoxy groups -OCH3 is 5. The second-order valence-electron chi connectivity index (χ2n) is 24.4. The number of rotatable bonds is 21. The summed E-state index contributed by atoms with van der Waals surface area (Å²) in [6.07, 6.45) is 0. The monoisotopic (exact) mass is 1260 g/mol. The first-order valence-corrected chi connectivity index (χ1v) is 32.4. The molecule has 0 bridgehead atoms. The second-order valence-corrected chi connectivity index (χ2v) is 24.4. The maximum absolute atomic E-state index is 7.25. The van der Waals surface area contributed by atoms with Crippen molar-refractivity contribution in [1.29, 1.82) is 0 Å². The Bertz CT molecular complexity index is 4600. The molecule has 96 heavy (non-hydrogen) atoms. The minimum atomic E-state index is -1.04. The third-order valence-corrected chi connectivity index (χ3v) is 18.3. The van der Waals surface area contributed by atoms with Gasteiger partial charge in [0.15, 0.2) is 0 Å². The van der Waals surface area contributed by atoms with Gasteiger partial charge in [-0.1, -0.05) is 119 Å². The number of nitrogens with zero attached hydrogens (tertiary/aromatic N) is 4. The Kier molecular flexibility index (Phi) is 18.2. The van der Waals surface area contributed by atoms with E-state index < -0.39 is 5.60 Å². The van der Waals surface area contributed by atoms with E-state index in [2.05, 4.69) is 297 Å². The van der Waals surface area contributed by atoms with Crippen molar-refractivity contribution in [3.8, 4) is 23.0 Å². The van der Waals surface area contributed by atoms with Crippen molar-refractivity contribution < 1.29 is 23.7 Å². The molecule has 0 saturated heterocycles. The zero-order chi connectivity index (χ0) is 66.5. The molecule has 1 aliphatic rings. The van der Waals surface area contributed by atoms with Crippen molar-refractivity contribution in [2.75, 3.05) is 55.1 Å². The average Bonchev–Trinajstić information content (AvgIpc) is 1.55. The van der Waals surface area contributed by atoms with Gasteiger partial charge in [-0.3, -0.25) is 0 Å². The van der Waals surface area contributed by atoms with Crippen LogP contribution < -0.4 is 38.5 Å². The summed E-state index contributed by atoms with van der Waals surface area (Å²) in [5.74, 6) is 3.13. The minimum absolute atomic E-state index is 0.777. The molecule has 0 aromatic heterocycles. The quantitative estimate of drug-likeness (QED) is 0.0700. The first-order chi connectivity index (χ1) is 46.8. The molecule has 1 atom stereocenters. The molecule has 12 aromatic carbocycles. The van der Waals surface area contributed by atoms with Crippen molar-refractivity contribution in [2.24, 2.45) is 0 Å². The molecule has 0 aliphatic heterocycles. The zero-order valence-electron chi connectivity index (χ0n) is 56.0. The third kappa shape index (κ3) is 12.7. The topological polar surface area (TPSA) is 59.1 Å². The van der Waals surface area contributed by atoms with Crippen molar-refractivity contribution in [3.05, 3.63) is 336 Å². The van der Waals surface area contributed by atoms with Crippen LogP contribution >= 0.6 is 0 Å². The van der Waals surface area contributed by atoms with Crippen LogP contribution in [0.2, 0.25) is 0 Å². The highest BCUT2D eigenvalue weighted by atomic mass is 16.5. The van der Waals surface area contributed by atoms with Crippen LogP contribution in [0.3, 0.4) is 0 Å². The molecule has 0 radical (unpaired) electrons. The Morgan fingerprint density at radius 2 is 0.365 bits per heavy atom. The molecular weight excluding hydrogens is 1180 g/mol. The first kappa shape index (κ1) is 63.2. The van der Waals surface area contributed by atoms with Crippen LogP contribution in [-0.4, -0.2) is 41.2 Å². The molecule has 0 N–H and O–H groups in total. The minimum Gasteiger partial charge on any atom is -0.497 e. The van der Waals surface area contributed by atoms with Crippen LogP contribution in [0.25, 0.3) is 22.3 Å². The molecule has 0 heterocycles. The molecule has 0 fully saturated rings. The number of ether oxygens (including phenoxy) is 5. The largest absolute Gasteiger partial charge is 0.497 e. The lowest BCUT2D eigenvalue weighted by Crippen LogP contribution is -2.29. The van der Waals surface area contributed by atoms with Crippen LogP contribution in [0.15, 0.2) is 291 Å². The summed E-state index contributed by atoms with van der Waals surface area (Å²) in [4.78, 5) is 9.17. The predicted molar refractivity (Wildman–Crippen MR) is 399 cm³/mol. The van der Waals surface area contributed by atoms with E-state index in [0.717, 1.165) is 136 Å². The van der Waals surface area contributed by atoms with E-state index in [1.807, 2.05) is 55.6 Å². The standard InChI is InChI=1S/C87H78N4O5/c1-59-11-27-67(28-12-59)88(68-29-13-60(2)14-30-68)73-39-23-65(24-40-73)85-83(63-19-35-71(36-20-63)89(69-31-15-61(3)16-32-69)75-43-51-79(92-6)52-44-75)84(64-21-37-72(38-22-64)90(70-33-17-62(4)18-34-70)76-45-53-80(93-7)54-46-76)86(87(85,5)96-10)66-25-41-74(42-26-66)91(77-47-55-81(94-8)56-48-77)78-49-57-82(95-9)58-50-78/h11-58H,1-10H3. The van der Waals surface area contributed by atoms with E-state index in [1.165, 1.54) is 22.3 Å². The number of aryl methyl sites for hydroxylation is 4. The Balaban J connectivity index is 1.04. The van der Waals surface area contributed by atoms with Crippen molar-refractivity contribution in [2.45, 2.75) is 40.2 Å². The maximum Gasteiger partial charge on any atom is 0.119 e. The Labute approximate surface area is 565 Å². The van der Waals surface area contributed by atoms with Crippen molar-refractivity contribution in [3.63, 3.8) is 0 Å². The lowest BCUT2D eigenvalue weighted by Gasteiger charge is -2.32. The van der Waals surface area contributed by atoms with E-state index in [1.54, 1.807) is 28.4 Å². The van der Waals surface area contributed by atoms with E-state index in [0.29, 0.717) is 0 Å². The van der Waals surface area contributed by atoms with E-state index >= 15 is 0 Å². The van der Waals surface area contributed by atoms with Crippen LogP contribution in [0.4, 0.5) is 68.2 Å². The molecule has 9 heteroatoms. The summed E-state index contributed by atoms with van der Waals surface area (Å²) in [5.41, 5.74) is 24.1. The molecule has 1 unspecified atom stereocenters. The normalized spacial score (nSPS) is 13.5. The van der Waals surface area contributed by atoms with Gasteiger partial charge in [-0.05, 0) is 262 Å². The van der Waals surface area contributed by atoms with Gasteiger partial charge in [0, 0.05) is 86.5 Å². The SMILES string of the molecule is COc1ccc(N(c2ccc(C)cc2)c2ccc(C3=C(c4ccc(N(c5ccc(C)cc5)c5ccc(C)cc5)cc4)C(C)(OC)C(c4ccc(N(c5ccc(OC)cc5)c5ccc(OC)cc5)cc4)=C3c3ccc(N(c4ccc(C)cc4)c4ccc(OC)cc4)cc3)cc2)cc1. The lowest BCUT2D eigenvalue weighted by molar-refractivity contribution is 0.110. The van der Waals surface area contributed by atoms with Gasteiger partial charge >= 0.3 is 0 Å². The summed E-state index contributed by atoms with van der Waals surface area (Å²) in [6, 6.07) is 104. The van der Waals surface area contributed by atoms with E-state index in [4.69, 9.17) is 23.7 Å². The summed E-state index contributed by atoms with van der Waals surface area (Å²) in [7, 11) is 8.64. The average molecular weight is 1260 g/mol. The Hall–Kier alpha value is -11.5. The molecule has 1 aliphatic carbocycles. The van der Waals surface area contributed by atoms with Gasteiger partial charge in [0.2, 0.25) is 0 Å². The molecule has 0 spiro atoms. The third-order valence-electron chi connectivity index (χ3n) is 18.3. The van der Waals surface area contributed by atoms with Crippen LogP contribution in [0.5, 0.6) is 23.0 Å². The number of hydrogen-bond donors (Lipinski definition) is 0. The molecule has 476 valence electrons. The zero-order valence-corrected chi connectivity index (χ0v) is 56.0. The summed E-state index contributed by atoms with van der Waals surface area (Å²) >= 11 is 0. The van der Waals surface area contributed by atoms with Gasteiger partial charge in [0.05, 0.1) is 28.4 Å². The maximum atomic E-state index is 7.25. The van der Waals surface area contributed by atoms with Gasteiger partial charge in [-0.15, -0.1) is 0 Å². The number of hydrogen-bond acceptors (Lipinski definition) is 9. The summed E-state index contributed by atoms with van der Waals surface area (Å²) in [6.45, 7) is 10.7.